The lowest BCUT2D eigenvalue weighted by molar-refractivity contribution is -0.160. The van der Waals surface area contributed by atoms with Gasteiger partial charge in [-0.3, -0.25) is 9.59 Å². The molecule has 4 heterocycles. The highest BCUT2D eigenvalue weighted by Crippen LogP contribution is 2.56. The lowest BCUT2D eigenvalue weighted by Crippen LogP contribution is -2.70. The number of aryl methyl sites for hydroxylation is 1. The number of rotatable bonds is 4. The van der Waals surface area contributed by atoms with E-state index < -0.39 is 28.7 Å². The van der Waals surface area contributed by atoms with Crippen molar-refractivity contribution in [2.45, 2.75) is 42.0 Å². The number of benzene rings is 1. The van der Waals surface area contributed by atoms with E-state index in [4.69, 9.17) is 4.52 Å². The summed E-state index contributed by atoms with van der Waals surface area (Å²) in [6.45, 7) is 1.66. The van der Waals surface area contributed by atoms with Gasteiger partial charge >= 0.3 is 5.97 Å². The van der Waals surface area contributed by atoms with Crippen LogP contribution in [0.15, 0.2) is 34.9 Å². The quantitative estimate of drug-likeness (QED) is 0.670. The molecule has 2 N–H and O–H groups in total. The van der Waals surface area contributed by atoms with Crippen molar-refractivity contribution in [3.63, 3.8) is 0 Å². The normalized spacial score (nSPS) is 26.4. The van der Waals surface area contributed by atoms with E-state index in [0.717, 1.165) is 29.9 Å². The summed E-state index contributed by atoms with van der Waals surface area (Å²) in [5, 5.41) is 16.3. The highest BCUT2D eigenvalue weighted by Gasteiger charge is 2.67. The Morgan fingerprint density at radius 1 is 1.26 bits per heavy atom. The minimum atomic E-state index is -0.971. The summed E-state index contributed by atoms with van der Waals surface area (Å²) in [5.41, 5.74) is 1.45. The van der Waals surface area contributed by atoms with E-state index >= 15 is 0 Å². The summed E-state index contributed by atoms with van der Waals surface area (Å²) < 4.78 is 4.78. The molecule has 3 fully saturated rings. The number of β-lactam (4-membered cyclic amide) rings is 1. The summed E-state index contributed by atoms with van der Waals surface area (Å²) >= 11 is 3.34. The van der Waals surface area contributed by atoms with Crippen molar-refractivity contribution in [3.8, 4) is 11.3 Å². The number of fused-ring (bicyclic) bond motifs is 1. The fourth-order valence-electron chi connectivity index (χ4n) is 4.68. The molecule has 0 radical (unpaired) electrons. The molecule has 2 amide bonds. The molecule has 3 aliphatic heterocycles. The molecule has 5 rings (SSSR count). The Bertz CT molecular complexity index is 1050. The molecule has 0 saturated carbocycles. The number of hydrogen-bond donors (Lipinski definition) is 2. The second kappa shape index (κ2) is 7.59. The SMILES string of the molecule is Cc1onc(-c2ccccc2)c1C(=O)NC1C(=O)N2C(C(=O)O)C3(CCSCC3)S[C@@H]12. The maximum Gasteiger partial charge on any atom is 0.327 e. The van der Waals surface area contributed by atoms with Crippen LogP contribution in [0, 0.1) is 6.92 Å². The maximum absolute atomic E-state index is 13.1. The van der Waals surface area contributed by atoms with E-state index in [1.54, 1.807) is 6.92 Å². The van der Waals surface area contributed by atoms with Gasteiger partial charge in [0.05, 0.1) is 4.75 Å². The van der Waals surface area contributed by atoms with Crippen LogP contribution in [0.25, 0.3) is 11.3 Å². The fraction of sp³-hybridized carbons (Fsp3) is 0.429. The van der Waals surface area contributed by atoms with Gasteiger partial charge in [0.15, 0.2) is 0 Å². The van der Waals surface area contributed by atoms with Crippen LogP contribution in [0.4, 0.5) is 0 Å². The molecule has 3 atom stereocenters. The third-order valence-electron chi connectivity index (χ3n) is 6.21. The highest BCUT2D eigenvalue weighted by atomic mass is 32.2. The number of carbonyl (C=O) groups is 3. The molecular formula is C21H21N3O5S2. The molecule has 1 aromatic heterocycles. The van der Waals surface area contributed by atoms with Gasteiger partial charge in [-0.1, -0.05) is 35.5 Å². The van der Waals surface area contributed by atoms with Crippen LogP contribution in [0.1, 0.15) is 29.0 Å². The van der Waals surface area contributed by atoms with Crippen LogP contribution >= 0.6 is 23.5 Å². The van der Waals surface area contributed by atoms with E-state index in [0.29, 0.717) is 17.0 Å². The molecule has 8 nitrogen and oxygen atoms in total. The van der Waals surface area contributed by atoms with Gasteiger partial charge in [-0.15, -0.1) is 11.8 Å². The van der Waals surface area contributed by atoms with Crippen LogP contribution in [-0.2, 0) is 9.59 Å². The zero-order chi connectivity index (χ0) is 21.8. The number of amides is 2. The van der Waals surface area contributed by atoms with Crippen molar-refractivity contribution in [1.29, 1.82) is 0 Å². The first-order valence-corrected chi connectivity index (χ1v) is 12.1. The molecule has 0 aliphatic carbocycles. The average Bonchev–Trinajstić information content (AvgIpc) is 3.29. The monoisotopic (exact) mass is 459 g/mol. The number of carbonyl (C=O) groups excluding carboxylic acids is 2. The summed E-state index contributed by atoms with van der Waals surface area (Å²) in [4.78, 5) is 39.6. The minimum Gasteiger partial charge on any atom is -0.480 e. The Morgan fingerprint density at radius 3 is 2.65 bits per heavy atom. The van der Waals surface area contributed by atoms with E-state index in [9.17, 15) is 19.5 Å². The fourth-order valence-corrected chi connectivity index (χ4v) is 8.08. The first-order valence-electron chi connectivity index (χ1n) is 10.1. The van der Waals surface area contributed by atoms with Crippen molar-refractivity contribution in [1.82, 2.24) is 15.4 Å². The Labute approximate surface area is 187 Å². The largest absolute Gasteiger partial charge is 0.480 e. The van der Waals surface area contributed by atoms with Crippen molar-refractivity contribution >= 4 is 41.3 Å². The van der Waals surface area contributed by atoms with Crippen molar-refractivity contribution in [2.24, 2.45) is 0 Å². The predicted molar refractivity (Wildman–Crippen MR) is 117 cm³/mol. The van der Waals surface area contributed by atoms with Gasteiger partial charge in [-0.25, -0.2) is 4.79 Å². The van der Waals surface area contributed by atoms with Crippen molar-refractivity contribution in [2.75, 3.05) is 11.5 Å². The van der Waals surface area contributed by atoms with Gasteiger partial charge in [-0.05, 0) is 31.3 Å². The Balaban J connectivity index is 1.39. The molecule has 1 aromatic carbocycles. The number of carboxylic acid groups (broad SMARTS) is 1. The minimum absolute atomic E-state index is 0.291. The molecule has 0 bridgehead atoms. The Hall–Kier alpha value is -2.46. The lowest BCUT2D eigenvalue weighted by Gasteiger charge is -2.44. The average molecular weight is 460 g/mol. The van der Waals surface area contributed by atoms with Crippen LogP contribution in [-0.4, -0.2) is 66.7 Å². The number of nitrogens with zero attached hydrogens (tertiary/aromatic N) is 2. The lowest BCUT2D eigenvalue weighted by atomic mass is 9.88. The summed E-state index contributed by atoms with van der Waals surface area (Å²) in [6, 6.07) is 7.62. The van der Waals surface area contributed by atoms with Crippen LogP contribution in [0.2, 0.25) is 0 Å². The molecule has 162 valence electrons. The molecule has 10 heteroatoms. The molecule has 2 unspecified atom stereocenters. The summed E-state index contributed by atoms with van der Waals surface area (Å²) in [5.74, 6) is 0.364. The highest BCUT2D eigenvalue weighted by molar-refractivity contribution is 8.02. The topological polar surface area (TPSA) is 113 Å². The van der Waals surface area contributed by atoms with Gasteiger partial charge in [0.2, 0.25) is 5.91 Å². The summed E-state index contributed by atoms with van der Waals surface area (Å²) in [7, 11) is 0. The predicted octanol–water partition coefficient (Wildman–Crippen LogP) is 2.38. The maximum atomic E-state index is 13.1. The number of aliphatic carboxylic acids is 1. The van der Waals surface area contributed by atoms with Gasteiger partial charge in [-0.2, -0.15) is 11.8 Å². The zero-order valence-corrected chi connectivity index (χ0v) is 18.4. The van der Waals surface area contributed by atoms with Crippen LogP contribution in [0.5, 0.6) is 0 Å². The van der Waals surface area contributed by atoms with Gasteiger partial charge in [0, 0.05) is 5.56 Å². The molecule has 3 aliphatic rings. The second-order valence-corrected chi connectivity index (χ2v) is 10.7. The van der Waals surface area contributed by atoms with E-state index in [1.165, 1.54) is 16.7 Å². The van der Waals surface area contributed by atoms with E-state index in [-0.39, 0.29) is 11.3 Å². The zero-order valence-electron chi connectivity index (χ0n) is 16.7. The number of aromatic nitrogens is 1. The number of nitrogens with one attached hydrogen (secondary N) is 1. The van der Waals surface area contributed by atoms with Gasteiger partial charge in [0.25, 0.3) is 5.91 Å². The molecule has 1 spiro atoms. The Kier molecular flexibility index (Phi) is 5.01. The Morgan fingerprint density at radius 2 is 1.97 bits per heavy atom. The number of carboxylic acids is 1. The van der Waals surface area contributed by atoms with E-state index in [1.807, 2.05) is 42.1 Å². The van der Waals surface area contributed by atoms with Gasteiger partial charge < -0.3 is 19.8 Å². The van der Waals surface area contributed by atoms with E-state index in [2.05, 4.69) is 10.5 Å². The van der Waals surface area contributed by atoms with Crippen molar-refractivity contribution < 1.29 is 24.0 Å². The number of thioether (sulfide) groups is 2. The first kappa shape index (κ1) is 20.4. The first-order chi connectivity index (χ1) is 14.9. The third-order valence-corrected chi connectivity index (χ3v) is 9.04. The summed E-state index contributed by atoms with van der Waals surface area (Å²) in [6.07, 6.45) is 1.48. The second-order valence-electron chi connectivity index (χ2n) is 7.95. The van der Waals surface area contributed by atoms with Crippen LogP contribution < -0.4 is 5.32 Å². The third kappa shape index (κ3) is 3.15. The molecular weight excluding hydrogens is 438 g/mol. The molecule has 2 aromatic rings. The smallest absolute Gasteiger partial charge is 0.327 e. The van der Waals surface area contributed by atoms with Gasteiger partial charge in [0.1, 0.15) is 34.5 Å². The molecule has 3 saturated heterocycles. The number of hydrogen-bond acceptors (Lipinski definition) is 7. The molecule has 31 heavy (non-hydrogen) atoms. The standard InChI is InChI=1S/C21H21N3O5S2/c1-11-13(14(23-29-11)12-5-3-2-4-6-12)17(25)22-15-18(26)24-16(20(27)28)21(31-19(15)24)7-9-30-10-8-21/h2-6,15-16,19H,7-10H2,1H3,(H,22,25)(H,27,28)/t15?,16?,19-/m0/s1. The van der Waals surface area contributed by atoms with Crippen LogP contribution in [0.3, 0.4) is 0 Å². The van der Waals surface area contributed by atoms with Crippen molar-refractivity contribution in [3.05, 3.63) is 41.7 Å².